The van der Waals surface area contributed by atoms with Crippen molar-refractivity contribution in [3.63, 3.8) is 0 Å². The molecule has 4 rings (SSSR count). The summed E-state index contributed by atoms with van der Waals surface area (Å²) >= 11 is 0. The third kappa shape index (κ3) is 2.63. The highest BCUT2D eigenvalue weighted by Gasteiger charge is 2.21. The van der Waals surface area contributed by atoms with Crippen LogP contribution in [0, 0.1) is 0 Å². The van der Waals surface area contributed by atoms with Gasteiger partial charge in [-0.25, -0.2) is 9.97 Å². The fourth-order valence-electron chi connectivity index (χ4n) is 3.14. The molecule has 1 aliphatic carbocycles. The summed E-state index contributed by atoms with van der Waals surface area (Å²) in [6.45, 7) is 0. The van der Waals surface area contributed by atoms with E-state index in [0.29, 0.717) is 17.8 Å². The van der Waals surface area contributed by atoms with Crippen molar-refractivity contribution in [1.82, 2.24) is 19.7 Å². The second-order valence-corrected chi connectivity index (χ2v) is 5.89. The number of nitrogen functional groups attached to an aromatic ring is 1. The van der Waals surface area contributed by atoms with Gasteiger partial charge in [-0.2, -0.15) is 5.10 Å². The van der Waals surface area contributed by atoms with E-state index in [0.717, 1.165) is 24.1 Å². The summed E-state index contributed by atoms with van der Waals surface area (Å²) in [6, 6.07) is 10.7. The Hall–Kier alpha value is -2.89. The molecule has 0 aliphatic heterocycles. The van der Waals surface area contributed by atoms with Crippen LogP contribution < -0.4 is 11.1 Å². The lowest BCUT2D eigenvalue weighted by Gasteiger charge is -2.12. The quantitative estimate of drug-likeness (QED) is 0.774. The first-order valence-corrected chi connectivity index (χ1v) is 7.64. The Kier molecular flexibility index (Phi) is 3.22. The van der Waals surface area contributed by atoms with Gasteiger partial charge < -0.3 is 11.1 Å². The van der Waals surface area contributed by atoms with Crippen LogP contribution in [0.4, 0.5) is 11.8 Å². The molecule has 2 aromatic heterocycles. The molecule has 0 bridgehead atoms. The van der Waals surface area contributed by atoms with Gasteiger partial charge in [0.2, 0.25) is 5.95 Å². The molecular weight excluding hydrogens is 288 g/mol. The van der Waals surface area contributed by atoms with E-state index in [1.807, 2.05) is 13.1 Å². The molecular formula is C17H18N6. The van der Waals surface area contributed by atoms with E-state index in [4.69, 9.17) is 5.73 Å². The zero-order chi connectivity index (χ0) is 15.8. The van der Waals surface area contributed by atoms with Crippen LogP contribution in [-0.2, 0) is 19.9 Å². The van der Waals surface area contributed by atoms with Crippen molar-refractivity contribution in [3.8, 4) is 11.3 Å². The van der Waals surface area contributed by atoms with Crippen LogP contribution >= 0.6 is 0 Å². The molecule has 0 radical (unpaired) electrons. The highest BCUT2D eigenvalue weighted by molar-refractivity contribution is 5.61. The summed E-state index contributed by atoms with van der Waals surface area (Å²) in [5.41, 5.74) is 10.3. The Balaban J connectivity index is 1.48. The van der Waals surface area contributed by atoms with Crippen LogP contribution in [0.5, 0.6) is 0 Å². The highest BCUT2D eigenvalue weighted by Crippen LogP contribution is 2.24. The minimum atomic E-state index is 0.352. The first-order valence-electron chi connectivity index (χ1n) is 7.64. The molecule has 0 fully saturated rings. The van der Waals surface area contributed by atoms with Crippen molar-refractivity contribution in [2.24, 2.45) is 7.05 Å². The van der Waals surface area contributed by atoms with Gasteiger partial charge in [0.15, 0.2) is 0 Å². The summed E-state index contributed by atoms with van der Waals surface area (Å²) < 4.78 is 1.73. The maximum atomic E-state index is 5.71. The number of benzene rings is 1. The highest BCUT2D eigenvalue weighted by atomic mass is 15.3. The molecule has 1 aromatic carbocycles. The number of nitrogens with two attached hydrogens (primary N) is 1. The van der Waals surface area contributed by atoms with E-state index < -0.39 is 0 Å². The molecule has 0 unspecified atom stereocenters. The third-order valence-corrected chi connectivity index (χ3v) is 4.23. The van der Waals surface area contributed by atoms with Gasteiger partial charge in [-0.1, -0.05) is 24.3 Å². The van der Waals surface area contributed by atoms with Crippen molar-refractivity contribution in [2.75, 3.05) is 11.1 Å². The minimum Gasteiger partial charge on any atom is -0.382 e. The zero-order valence-corrected chi connectivity index (χ0v) is 12.9. The third-order valence-electron chi connectivity index (χ3n) is 4.23. The van der Waals surface area contributed by atoms with Crippen molar-refractivity contribution in [3.05, 3.63) is 53.9 Å². The lowest BCUT2D eigenvalue weighted by Crippen LogP contribution is -2.21. The largest absolute Gasteiger partial charge is 0.382 e. The van der Waals surface area contributed by atoms with Crippen LogP contribution in [0.1, 0.15) is 11.1 Å². The van der Waals surface area contributed by atoms with Crippen LogP contribution in [0.3, 0.4) is 0 Å². The summed E-state index contributed by atoms with van der Waals surface area (Å²) in [4.78, 5) is 8.86. The maximum absolute atomic E-state index is 5.71. The number of aromatic nitrogens is 4. The molecule has 3 aromatic rings. The lowest BCUT2D eigenvalue weighted by molar-refractivity contribution is 0.760. The minimum absolute atomic E-state index is 0.352. The predicted molar refractivity (Wildman–Crippen MR) is 89.9 cm³/mol. The SMILES string of the molecule is Cn1nc(N)cc1-c1cnc(NC2Cc3ccccc3C2)nc1. The van der Waals surface area contributed by atoms with Gasteiger partial charge >= 0.3 is 0 Å². The van der Waals surface area contributed by atoms with Crippen molar-refractivity contribution >= 4 is 11.8 Å². The maximum Gasteiger partial charge on any atom is 0.222 e. The van der Waals surface area contributed by atoms with Gasteiger partial charge in [0.25, 0.3) is 0 Å². The Morgan fingerprint density at radius 1 is 1.13 bits per heavy atom. The standard InChI is InChI=1S/C17H18N6/c1-23-15(8-16(18)22-23)13-9-19-17(20-10-13)21-14-6-11-4-2-3-5-12(11)7-14/h2-5,8-10,14H,6-7H2,1H3,(H2,18,22)(H,19,20,21). The van der Waals surface area contributed by atoms with Crippen molar-refractivity contribution in [2.45, 2.75) is 18.9 Å². The van der Waals surface area contributed by atoms with Gasteiger partial charge in [0, 0.05) is 37.1 Å². The van der Waals surface area contributed by atoms with Crippen LogP contribution in [-0.4, -0.2) is 25.8 Å². The predicted octanol–water partition coefficient (Wildman–Crippen LogP) is 2.04. The summed E-state index contributed by atoms with van der Waals surface area (Å²) in [5.74, 6) is 1.15. The molecule has 116 valence electrons. The van der Waals surface area contributed by atoms with Crippen LogP contribution in [0.25, 0.3) is 11.3 Å². The Morgan fingerprint density at radius 3 is 2.35 bits per heavy atom. The lowest BCUT2D eigenvalue weighted by atomic mass is 10.1. The molecule has 2 heterocycles. The van der Waals surface area contributed by atoms with E-state index in [-0.39, 0.29) is 0 Å². The molecule has 3 N–H and O–H groups in total. The first kappa shape index (κ1) is 13.8. The zero-order valence-electron chi connectivity index (χ0n) is 12.9. The average Bonchev–Trinajstić information content (AvgIpc) is 3.10. The topological polar surface area (TPSA) is 81.7 Å². The number of hydrogen-bond acceptors (Lipinski definition) is 5. The number of rotatable bonds is 3. The van der Waals surface area contributed by atoms with Gasteiger partial charge in [0.1, 0.15) is 5.82 Å². The normalized spacial score (nSPS) is 14.0. The monoisotopic (exact) mass is 306 g/mol. The van der Waals surface area contributed by atoms with E-state index in [2.05, 4.69) is 44.6 Å². The number of nitrogens with one attached hydrogen (secondary N) is 1. The fourth-order valence-corrected chi connectivity index (χ4v) is 3.14. The molecule has 6 heteroatoms. The number of anilines is 2. The Bertz CT molecular complexity index is 812. The van der Waals surface area contributed by atoms with Crippen LogP contribution in [0.2, 0.25) is 0 Å². The van der Waals surface area contributed by atoms with Gasteiger partial charge in [-0.05, 0) is 24.0 Å². The molecule has 23 heavy (non-hydrogen) atoms. The van der Waals surface area contributed by atoms with E-state index in [1.54, 1.807) is 17.1 Å². The van der Waals surface area contributed by atoms with E-state index in [9.17, 15) is 0 Å². The summed E-state index contributed by atoms with van der Waals surface area (Å²) in [7, 11) is 1.85. The molecule has 1 aliphatic rings. The number of aryl methyl sites for hydroxylation is 1. The first-order chi connectivity index (χ1) is 11.2. The van der Waals surface area contributed by atoms with Crippen LogP contribution in [0.15, 0.2) is 42.7 Å². The second kappa shape index (κ2) is 5.39. The Labute approximate surface area is 134 Å². The van der Waals surface area contributed by atoms with E-state index >= 15 is 0 Å². The fraction of sp³-hybridized carbons (Fsp3) is 0.235. The summed E-state index contributed by atoms with van der Waals surface area (Å²) in [6.07, 6.45) is 5.63. The van der Waals surface area contributed by atoms with E-state index in [1.165, 1.54) is 11.1 Å². The molecule has 0 atom stereocenters. The van der Waals surface area contributed by atoms with Crippen molar-refractivity contribution in [1.29, 1.82) is 0 Å². The number of nitrogens with zero attached hydrogens (tertiary/aromatic N) is 4. The van der Waals surface area contributed by atoms with Gasteiger partial charge in [0.05, 0.1) is 5.69 Å². The summed E-state index contributed by atoms with van der Waals surface area (Å²) in [5, 5.41) is 7.56. The average molecular weight is 306 g/mol. The molecule has 0 saturated carbocycles. The second-order valence-electron chi connectivity index (χ2n) is 5.89. The molecule has 6 nitrogen and oxygen atoms in total. The molecule has 0 spiro atoms. The Morgan fingerprint density at radius 2 is 1.78 bits per heavy atom. The molecule has 0 saturated heterocycles. The van der Waals surface area contributed by atoms with Gasteiger partial charge in [-0.3, -0.25) is 4.68 Å². The van der Waals surface area contributed by atoms with Gasteiger partial charge in [-0.15, -0.1) is 0 Å². The number of hydrogen-bond donors (Lipinski definition) is 2. The smallest absolute Gasteiger partial charge is 0.222 e. The number of fused-ring (bicyclic) bond motifs is 1. The molecule has 0 amide bonds. The van der Waals surface area contributed by atoms with Crippen molar-refractivity contribution < 1.29 is 0 Å².